The first-order valence-corrected chi connectivity index (χ1v) is 11.7. The molecular formula is C28H26N2O6. The molecule has 1 aliphatic heterocycles. The Bertz CT molecular complexity index is 1250. The molecule has 0 radical (unpaired) electrons. The van der Waals surface area contributed by atoms with Crippen LogP contribution in [0, 0.1) is 0 Å². The van der Waals surface area contributed by atoms with E-state index in [0.717, 1.165) is 27.8 Å². The van der Waals surface area contributed by atoms with Crippen LogP contribution in [0.15, 0.2) is 78.9 Å². The van der Waals surface area contributed by atoms with Gasteiger partial charge >= 0.3 is 12.1 Å². The van der Waals surface area contributed by atoms with E-state index in [2.05, 4.69) is 0 Å². The van der Waals surface area contributed by atoms with Gasteiger partial charge in [-0.15, -0.1) is 0 Å². The molecule has 1 N–H and O–H groups in total. The first kappa shape index (κ1) is 23.6. The fourth-order valence-corrected chi connectivity index (χ4v) is 5.07. The van der Waals surface area contributed by atoms with E-state index in [9.17, 15) is 19.5 Å². The third-order valence-corrected chi connectivity index (χ3v) is 6.66. The van der Waals surface area contributed by atoms with Crippen LogP contribution in [0.5, 0.6) is 0 Å². The van der Waals surface area contributed by atoms with Crippen molar-refractivity contribution >= 4 is 18.0 Å². The number of likely N-dealkylation sites (tertiary alicyclic amines) is 1. The Hall–Kier alpha value is -4.17. The van der Waals surface area contributed by atoms with E-state index in [1.165, 1.54) is 16.9 Å². The first-order chi connectivity index (χ1) is 17.5. The molecule has 2 unspecified atom stereocenters. The van der Waals surface area contributed by atoms with Crippen molar-refractivity contribution in [3.05, 3.63) is 95.6 Å². The summed E-state index contributed by atoms with van der Waals surface area (Å²) in [5.74, 6) is -1.13. The van der Waals surface area contributed by atoms with Gasteiger partial charge in [0, 0.05) is 6.54 Å². The van der Waals surface area contributed by atoms with Gasteiger partial charge in [0.25, 0.3) is 0 Å². The second-order valence-electron chi connectivity index (χ2n) is 8.83. The number of methoxy groups -OCH3 is 1. The molecule has 0 saturated carbocycles. The minimum absolute atomic E-state index is 0.0810. The van der Waals surface area contributed by atoms with Crippen LogP contribution in [-0.4, -0.2) is 65.2 Å². The summed E-state index contributed by atoms with van der Waals surface area (Å²) in [6, 6.07) is 22.7. The zero-order valence-electron chi connectivity index (χ0n) is 19.7. The topological polar surface area (TPSA) is 96.4 Å². The van der Waals surface area contributed by atoms with Crippen molar-refractivity contribution < 1.29 is 29.0 Å². The molecule has 1 saturated heterocycles. The smallest absolute Gasteiger partial charge is 0.411 e. The highest BCUT2D eigenvalue weighted by atomic mass is 16.5. The van der Waals surface area contributed by atoms with Gasteiger partial charge < -0.3 is 19.5 Å². The lowest BCUT2D eigenvalue weighted by Crippen LogP contribution is -2.51. The fraction of sp³-hybridized carbons (Fsp3) is 0.250. The molecule has 2 aliphatic rings. The lowest BCUT2D eigenvalue weighted by atomic mass is 10.0. The lowest BCUT2D eigenvalue weighted by molar-refractivity contribution is -0.149. The van der Waals surface area contributed by atoms with Gasteiger partial charge in [0.1, 0.15) is 25.3 Å². The predicted molar refractivity (Wildman–Crippen MR) is 131 cm³/mol. The SMILES string of the molecule is COC(=O)N(C1c2ccccc2-c2ccccc21)C1C(=O)N(CC(=O)OCc2ccccc2)CC1O. The predicted octanol–water partition coefficient (Wildman–Crippen LogP) is 3.14. The van der Waals surface area contributed by atoms with Crippen LogP contribution >= 0.6 is 0 Å². The summed E-state index contributed by atoms with van der Waals surface area (Å²) < 4.78 is 10.4. The summed E-state index contributed by atoms with van der Waals surface area (Å²) in [5, 5.41) is 11.0. The molecule has 0 spiro atoms. The summed E-state index contributed by atoms with van der Waals surface area (Å²) in [6.45, 7) is -0.350. The standard InChI is InChI=1S/C28H26N2O6/c1-35-28(34)30(25-21-13-7-5-11-19(21)20-12-6-8-14-22(20)25)26-23(31)15-29(27(26)33)16-24(32)36-17-18-9-3-2-4-10-18/h2-14,23,25-26,31H,15-17H2,1H3. The van der Waals surface area contributed by atoms with Crippen molar-refractivity contribution in [2.75, 3.05) is 20.2 Å². The van der Waals surface area contributed by atoms with E-state index < -0.39 is 36.2 Å². The molecule has 0 aromatic heterocycles. The van der Waals surface area contributed by atoms with Crippen LogP contribution in [-0.2, 0) is 25.7 Å². The fourth-order valence-electron chi connectivity index (χ4n) is 5.07. The van der Waals surface area contributed by atoms with E-state index in [1.807, 2.05) is 78.9 Å². The number of aliphatic hydroxyl groups is 1. The van der Waals surface area contributed by atoms with Crippen LogP contribution in [0.25, 0.3) is 11.1 Å². The molecule has 184 valence electrons. The van der Waals surface area contributed by atoms with E-state index >= 15 is 0 Å². The maximum atomic E-state index is 13.5. The molecule has 3 aromatic carbocycles. The maximum Gasteiger partial charge on any atom is 0.411 e. The molecule has 2 atom stereocenters. The number of hydrogen-bond acceptors (Lipinski definition) is 6. The van der Waals surface area contributed by atoms with Crippen molar-refractivity contribution in [3.8, 4) is 11.1 Å². The van der Waals surface area contributed by atoms with E-state index in [0.29, 0.717) is 0 Å². The summed E-state index contributed by atoms with van der Waals surface area (Å²) in [6.07, 6.45) is -1.95. The minimum Gasteiger partial charge on any atom is -0.459 e. The Kier molecular flexibility index (Phi) is 6.43. The Morgan fingerprint density at radius 1 is 0.944 bits per heavy atom. The third-order valence-electron chi connectivity index (χ3n) is 6.66. The van der Waals surface area contributed by atoms with E-state index in [1.54, 1.807) is 0 Å². The van der Waals surface area contributed by atoms with E-state index in [-0.39, 0.29) is 19.7 Å². The summed E-state index contributed by atoms with van der Waals surface area (Å²) in [7, 11) is 1.24. The quantitative estimate of drug-likeness (QED) is 0.538. The molecule has 5 rings (SSSR count). The number of aliphatic hydroxyl groups excluding tert-OH is 1. The monoisotopic (exact) mass is 486 g/mol. The number of β-amino-alcohol motifs (C(OH)–C–C–N with tert-alkyl or cyclic N) is 1. The number of rotatable bonds is 6. The molecular weight excluding hydrogens is 460 g/mol. The highest BCUT2D eigenvalue weighted by Crippen LogP contribution is 2.47. The van der Waals surface area contributed by atoms with Gasteiger partial charge in [0.05, 0.1) is 13.2 Å². The van der Waals surface area contributed by atoms with Crippen LogP contribution in [0.4, 0.5) is 4.79 Å². The average Bonchev–Trinajstić information content (AvgIpc) is 3.38. The van der Waals surface area contributed by atoms with Gasteiger partial charge in [-0.3, -0.25) is 14.5 Å². The lowest BCUT2D eigenvalue weighted by Gasteiger charge is -2.34. The number of fused-ring (bicyclic) bond motifs is 3. The first-order valence-electron chi connectivity index (χ1n) is 11.7. The van der Waals surface area contributed by atoms with Gasteiger partial charge in [-0.25, -0.2) is 4.79 Å². The molecule has 1 fully saturated rings. The molecule has 0 bridgehead atoms. The van der Waals surface area contributed by atoms with Crippen molar-refractivity contribution in [3.63, 3.8) is 0 Å². The van der Waals surface area contributed by atoms with Gasteiger partial charge in [0.2, 0.25) is 5.91 Å². The summed E-state index contributed by atoms with van der Waals surface area (Å²) in [4.78, 5) is 41.6. The van der Waals surface area contributed by atoms with E-state index in [4.69, 9.17) is 9.47 Å². The average molecular weight is 487 g/mol. The normalized spacial score (nSPS) is 18.5. The highest BCUT2D eigenvalue weighted by Gasteiger charge is 2.50. The number of carbonyl (C=O) groups excluding carboxylic acids is 3. The van der Waals surface area contributed by atoms with Crippen LogP contribution in [0.3, 0.4) is 0 Å². The number of nitrogens with zero attached hydrogens (tertiary/aromatic N) is 2. The Balaban J connectivity index is 1.40. The zero-order valence-corrected chi connectivity index (χ0v) is 19.7. The second-order valence-corrected chi connectivity index (χ2v) is 8.83. The summed E-state index contributed by atoms with van der Waals surface area (Å²) in [5.41, 5.74) is 4.41. The Morgan fingerprint density at radius 3 is 2.14 bits per heavy atom. The maximum absolute atomic E-state index is 13.5. The molecule has 1 aliphatic carbocycles. The van der Waals surface area contributed by atoms with Crippen molar-refractivity contribution in [1.29, 1.82) is 0 Å². The number of benzene rings is 3. The molecule has 8 heteroatoms. The van der Waals surface area contributed by atoms with Gasteiger partial charge in [-0.05, 0) is 27.8 Å². The van der Waals surface area contributed by atoms with Gasteiger partial charge in [-0.2, -0.15) is 0 Å². The molecule has 8 nitrogen and oxygen atoms in total. The molecule has 1 heterocycles. The molecule has 3 aromatic rings. The van der Waals surface area contributed by atoms with Crippen molar-refractivity contribution in [1.82, 2.24) is 9.80 Å². The number of carbonyl (C=O) groups is 3. The number of ether oxygens (including phenoxy) is 2. The van der Waals surface area contributed by atoms with Crippen LogP contribution < -0.4 is 0 Å². The molecule has 36 heavy (non-hydrogen) atoms. The Labute approximate surface area is 208 Å². The van der Waals surface area contributed by atoms with Gasteiger partial charge in [0.15, 0.2) is 0 Å². The second kappa shape index (κ2) is 9.83. The highest BCUT2D eigenvalue weighted by molar-refractivity contribution is 5.92. The number of hydrogen-bond donors (Lipinski definition) is 1. The van der Waals surface area contributed by atoms with Crippen LogP contribution in [0.2, 0.25) is 0 Å². The number of amides is 2. The van der Waals surface area contributed by atoms with Crippen molar-refractivity contribution in [2.24, 2.45) is 0 Å². The van der Waals surface area contributed by atoms with Crippen LogP contribution in [0.1, 0.15) is 22.7 Å². The summed E-state index contributed by atoms with van der Waals surface area (Å²) >= 11 is 0. The minimum atomic E-state index is -1.22. The van der Waals surface area contributed by atoms with Gasteiger partial charge in [-0.1, -0.05) is 78.9 Å². The van der Waals surface area contributed by atoms with Crippen molar-refractivity contribution in [2.45, 2.75) is 24.8 Å². The Morgan fingerprint density at radius 2 is 1.53 bits per heavy atom. The molecule has 2 amide bonds. The zero-order chi connectivity index (χ0) is 25.2. The third kappa shape index (κ3) is 4.20. The largest absolute Gasteiger partial charge is 0.459 e. The number of esters is 1.